The van der Waals surface area contributed by atoms with E-state index in [1.54, 1.807) is 0 Å². The average molecular weight is 440 g/mol. The highest BCUT2D eigenvalue weighted by atomic mass is 127. The van der Waals surface area contributed by atoms with Gasteiger partial charge in [-0.25, -0.2) is 0 Å². The number of piperidine rings is 1. The molecule has 6 nitrogen and oxygen atoms in total. The van der Waals surface area contributed by atoms with Crippen molar-refractivity contribution in [1.82, 2.24) is 15.1 Å². The van der Waals surface area contributed by atoms with Gasteiger partial charge in [-0.15, -0.1) is 24.0 Å². The molecule has 0 aromatic heterocycles. The minimum Gasteiger partial charge on any atom is -0.379 e. The van der Waals surface area contributed by atoms with Gasteiger partial charge in [-0.05, 0) is 26.7 Å². The van der Waals surface area contributed by atoms with Crippen molar-refractivity contribution in [1.29, 1.82) is 0 Å². The predicted molar refractivity (Wildman–Crippen MR) is 105 cm³/mol. The predicted octanol–water partition coefficient (Wildman–Crippen LogP) is 1.40. The van der Waals surface area contributed by atoms with Crippen LogP contribution in [0.4, 0.5) is 0 Å². The molecule has 0 aromatic carbocycles. The fraction of sp³-hybridized carbons (Fsp3) is 0.938. The number of hydrogen-bond acceptors (Lipinski definition) is 4. The van der Waals surface area contributed by atoms with Gasteiger partial charge in [-0.1, -0.05) is 0 Å². The highest BCUT2D eigenvalue weighted by molar-refractivity contribution is 14.0. The molecule has 7 heteroatoms. The SMILES string of the molecule is CCNC(=NCCN1CCOCC1)N1CCC(OCC)CC1.I. The number of likely N-dealkylation sites (tertiary alicyclic amines) is 1. The van der Waals surface area contributed by atoms with Gasteiger partial charge in [0, 0.05) is 45.9 Å². The topological polar surface area (TPSA) is 49.3 Å². The van der Waals surface area contributed by atoms with Crippen LogP contribution in [0.15, 0.2) is 4.99 Å². The average Bonchev–Trinajstić information content (AvgIpc) is 2.56. The van der Waals surface area contributed by atoms with Crippen LogP contribution >= 0.6 is 24.0 Å². The third-order valence-corrected chi connectivity index (χ3v) is 4.26. The normalized spacial score (nSPS) is 21.1. The second-order valence-electron chi connectivity index (χ2n) is 5.83. The van der Waals surface area contributed by atoms with Crippen molar-refractivity contribution in [3.8, 4) is 0 Å². The molecule has 0 aromatic rings. The standard InChI is InChI=1S/C16H32N4O2.HI/c1-3-17-16(18-7-10-19-11-13-21-14-12-19)20-8-5-15(6-9-20)22-4-2;/h15H,3-14H2,1-2H3,(H,17,18);1H. The Hall–Kier alpha value is -0.120. The van der Waals surface area contributed by atoms with E-state index in [0.717, 1.165) is 84.4 Å². The molecule has 0 radical (unpaired) electrons. The lowest BCUT2D eigenvalue weighted by molar-refractivity contribution is 0.0263. The van der Waals surface area contributed by atoms with Gasteiger partial charge in [0.2, 0.25) is 0 Å². The van der Waals surface area contributed by atoms with Crippen LogP contribution in [0.1, 0.15) is 26.7 Å². The molecule has 2 rings (SSSR count). The van der Waals surface area contributed by atoms with Crippen molar-refractivity contribution in [2.24, 2.45) is 4.99 Å². The maximum Gasteiger partial charge on any atom is 0.193 e. The molecule has 23 heavy (non-hydrogen) atoms. The molecule has 0 unspecified atom stereocenters. The first-order valence-electron chi connectivity index (χ1n) is 8.78. The number of aliphatic imine (C=N–C) groups is 1. The first kappa shape index (κ1) is 20.9. The van der Waals surface area contributed by atoms with Crippen molar-refractivity contribution < 1.29 is 9.47 Å². The summed E-state index contributed by atoms with van der Waals surface area (Å²) in [5.74, 6) is 1.06. The zero-order chi connectivity index (χ0) is 15.6. The summed E-state index contributed by atoms with van der Waals surface area (Å²) in [7, 11) is 0. The van der Waals surface area contributed by atoms with Crippen LogP contribution < -0.4 is 5.32 Å². The van der Waals surface area contributed by atoms with Gasteiger partial charge in [-0.3, -0.25) is 9.89 Å². The molecule has 1 N–H and O–H groups in total. The lowest BCUT2D eigenvalue weighted by atomic mass is 10.1. The van der Waals surface area contributed by atoms with Crippen LogP contribution in [-0.4, -0.2) is 87.5 Å². The first-order valence-corrected chi connectivity index (χ1v) is 8.78. The minimum absolute atomic E-state index is 0. The Kier molecular flexibility index (Phi) is 11.2. The Morgan fingerprint density at radius 1 is 1.17 bits per heavy atom. The van der Waals surface area contributed by atoms with Gasteiger partial charge in [0.15, 0.2) is 5.96 Å². The van der Waals surface area contributed by atoms with Crippen LogP contribution in [0.3, 0.4) is 0 Å². The molecule has 2 heterocycles. The zero-order valence-electron chi connectivity index (χ0n) is 14.6. The van der Waals surface area contributed by atoms with E-state index in [2.05, 4.69) is 29.0 Å². The lowest BCUT2D eigenvalue weighted by Crippen LogP contribution is -2.47. The van der Waals surface area contributed by atoms with E-state index < -0.39 is 0 Å². The summed E-state index contributed by atoms with van der Waals surface area (Å²) in [6.07, 6.45) is 2.63. The first-order chi connectivity index (χ1) is 10.8. The number of guanidine groups is 1. The van der Waals surface area contributed by atoms with Crippen molar-refractivity contribution in [3.63, 3.8) is 0 Å². The van der Waals surface area contributed by atoms with E-state index in [-0.39, 0.29) is 24.0 Å². The van der Waals surface area contributed by atoms with E-state index in [1.807, 2.05) is 0 Å². The van der Waals surface area contributed by atoms with Gasteiger partial charge in [0.1, 0.15) is 0 Å². The number of halogens is 1. The molecular weight excluding hydrogens is 407 g/mol. The zero-order valence-corrected chi connectivity index (χ0v) is 17.0. The highest BCUT2D eigenvalue weighted by Crippen LogP contribution is 2.13. The number of nitrogens with zero attached hydrogens (tertiary/aromatic N) is 3. The summed E-state index contributed by atoms with van der Waals surface area (Å²) < 4.78 is 11.1. The van der Waals surface area contributed by atoms with E-state index >= 15 is 0 Å². The summed E-state index contributed by atoms with van der Waals surface area (Å²) in [5, 5.41) is 3.43. The highest BCUT2D eigenvalue weighted by Gasteiger charge is 2.21. The Bertz CT molecular complexity index is 330. The maximum atomic E-state index is 5.73. The Morgan fingerprint density at radius 2 is 1.87 bits per heavy atom. The third-order valence-electron chi connectivity index (χ3n) is 4.26. The van der Waals surface area contributed by atoms with E-state index in [9.17, 15) is 0 Å². The second-order valence-corrected chi connectivity index (χ2v) is 5.83. The molecule has 2 fully saturated rings. The van der Waals surface area contributed by atoms with Gasteiger partial charge in [-0.2, -0.15) is 0 Å². The molecule has 0 aliphatic carbocycles. The molecule has 2 saturated heterocycles. The summed E-state index contributed by atoms with van der Waals surface area (Å²) in [6, 6.07) is 0. The quantitative estimate of drug-likeness (QED) is 0.385. The van der Waals surface area contributed by atoms with E-state index in [1.165, 1.54) is 0 Å². The number of morpholine rings is 1. The van der Waals surface area contributed by atoms with Crippen molar-refractivity contribution in [2.45, 2.75) is 32.8 Å². The number of rotatable bonds is 6. The molecule has 0 bridgehead atoms. The Balaban J connectivity index is 0.00000264. The van der Waals surface area contributed by atoms with E-state index in [4.69, 9.17) is 14.5 Å². The molecule has 0 spiro atoms. The summed E-state index contributed by atoms with van der Waals surface area (Å²) in [5.41, 5.74) is 0. The third kappa shape index (κ3) is 7.53. The van der Waals surface area contributed by atoms with Crippen LogP contribution in [0.5, 0.6) is 0 Å². The summed E-state index contributed by atoms with van der Waals surface area (Å²) >= 11 is 0. The van der Waals surface area contributed by atoms with Crippen molar-refractivity contribution in [2.75, 3.05) is 65.6 Å². The minimum atomic E-state index is 0. The number of nitrogens with one attached hydrogen (secondary N) is 1. The molecule has 0 amide bonds. The number of hydrogen-bond donors (Lipinski definition) is 1. The van der Waals surface area contributed by atoms with E-state index in [0.29, 0.717) is 6.10 Å². The maximum absolute atomic E-state index is 5.73. The Labute approximate surface area is 158 Å². The molecular formula is C16H33IN4O2. The molecule has 0 saturated carbocycles. The van der Waals surface area contributed by atoms with Crippen molar-refractivity contribution >= 4 is 29.9 Å². The van der Waals surface area contributed by atoms with Crippen LogP contribution in [0, 0.1) is 0 Å². The molecule has 0 atom stereocenters. The van der Waals surface area contributed by atoms with Crippen molar-refractivity contribution in [3.05, 3.63) is 0 Å². The molecule has 136 valence electrons. The second kappa shape index (κ2) is 12.3. The van der Waals surface area contributed by atoms with Gasteiger partial charge >= 0.3 is 0 Å². The smallest absolute Gasteiger partial charge is 0.193 e. The fourth-order valence-electron chi connectivity index (χ4n) is 3.02. The summed E-state index contributed by atoms with van der Waals surface area (Å²) in [6.45, 7) is 13.7. The monoisotopic (exact) mass is 440 g/mol. The molecule has 2 aliphatic heterocycles. The lowest BCUT2D eigenvalue weighted by Gasteiger charge is -2.34. The fourth-order valence-corrected chi connectivity index (χ4v) is 3.02. The van der Waals surface area contributed by atoms with Gasteiger partial charge in [0.25, 0.3) is 0 Å². The molecule has 2 aliphatic rings. The van der Waals surface area contributed by atoms with Crippen LogP contribution in [-0.2, 0) is 9.47 Å². The van der Waals surface area contributed by atoms with Gasteiger partial charge in [0.05, 0.1) is 25.9 Å². The van der Waals surface area contributed by atoms with Crippen LogP contribution in [0.2, 0.25) is 0 Å². The largest absolute Gasteiger partial charge is 0.379 e. The number of ether oxygens (including phenoxy) is 2. The van der Waals surface area contributed by atoms with Gasteiger partial charge < -0.3 is 19.7 Å². The van der Waals surface area contributed by atoms with Crippen LogP contribution in [0.25, 0.3) is 0 Å². The Morgan fingerprint density at radius 3 is 2.48 bits per heavy atom. The summed E-state index contributed by atoms with van der Waals surface area (Å²) in [4.78, 5) is 9.61.